The van der Waals surface area contributed by atoms with Gasteiger partial charge in [0.05, 0.1) is 17.7 Å². The lowest BCUT2D eigenvalue weighted by Gasteiger charge is -2.10. The second-order valence-electron chi connectivity index (χ2n) is 4.32. The predicted octanol–water partition coefficient (Wildman–Crippen LogP) is 2.61. The van der Waals surface area contributed by atoms with Crippen LogP contribution in [0.2, 0.25) is 0 Å². The Morgan fingerprint density at radius 1 is 1.10 bits per heavy atom. The average Bonchev–Trinajstić information content (AvgIpc) is 2.48. The molecule has 1 amide bonds. The molecule has 21 heavy (non-hydrogen) atoms. The summed E-state index contributed by atoms with van der Waals surface area (Å²) >= 11 is 5.08. The van der Waals surface area contributed by atoms with Gasteiger partial charge < -0.3 is 10.6 Å². The van der Waals surface area contributed by atoms with Crippen LogP contribution in [0.1, 0.15) is 11.1 Å². The van der Waals surface area contributed by atoms with Crippen molar-refractivity contribution < 1.29 is 4.79 Å². The molecule has 104 valence electrons. The standard InChI is InChI=1S/C16H13N3OS/c17-11-13-8-4-5-9-14(13)18-16(21)19-15(20)10-12-6-2-1-3-7-12/h1-9H,10H2,(H2,18,19,20,21). The molecule has 0 fully saturated rings. The van der Waals surface area contributed by atoms with Crippen molar-refractivity contribution >= 4 is 28.9 Å². The summed E-state index contributed by atoms with van der Waals surface area (Å²) in [6.07, 6.45) is 0.253. The van der Waals surface area contributed by atoms with Crippen LogP contribution in [0.15, 0.2) is 54.6 Å². The highest BCUT2D eigenvalue weighted by atomic mass is 32.1. The van der Waals surface area contributed by atoms with E-state index >= 15 is 0 Å². The number of amides is 1. The van der Waals surface area contributed by atoms with Crippen LogP contribution in [-0.2, 0) is 11.2 Å². The Morgan fingerprint density at radius 3 is 2.48 bits per heavy atom. The number of thiocarbonyl (C=S) groups is 1. The number of nitriles is 1. The third kappa shape index (κ3) is 4.41. The Kier molecular flexibility index (Phi) is 5.02. The number of rotatable bonds is 3. The van der Waals surface area contributed by atoms with Gasteiger partial charge in [0.25, 0.3) is 0 Å². The van der Waals surface area contributed by atoms with E-state index in [1.165, 1.54) is 0 Å². The summed E-state index contributed by atoms with van der Waals surface area (Å²) in [6, 6.07) is 18.4. The summed E-state index contributed by atoms with van der Waals surface area (Å²) in [5.74, 6) is -0.201. The first-order valence-corrected chi connectivity index (χ1v) is 6.74. The van der Waals surface area contributed by atoms with Crippen molar-refractivity contribution in [2.24, 2.45) is 0 Å². The summed E-state index contributed by atoms with van der Waals surface area (Å²) in [6.45, 7) is 0. The molecule has 0 unspecified atom stereocenters. The molecule has 0 saturated heterocycles. The third-order valence-corrected chi connectivity index (χ3v) is 2.96. The lowest BCUT2D eigenvalue weighted by Crippen LogP contribution is -2.35. The Balaban J connectivity index is 1.93. The van der Waals surface area contributed by atoms with Crippen molar-refractivity contribution in [3.63, 3.8) is 0 Å². The van der Waals surface area contributed by atoms with Gasteiger partial charge in [-0.25, -0.2) is 0 Å². The second kappa shape index (κ2) is 7.17. The Morgan fingerprint density at radius 2 is 1.76 bits per heavy atom. The zero-order valence-electron chi connectivity index (χ0n) is 11.2. The van der Waals surface area contributed by atoms with Crippen LogP contribution in [0.25, 0.3) is 0 Å². The predicted molar refractivity (Wildman–Crippen MR) is 85.7 cm³/mol. The molecule has 0 bridgehead atoms. The molecule has 5 heteroatoms. The van der Waals surface area contributed by atoms with Crippen LogP contribution in [0.4, 0.5) is 5.69 Å². The Hall–Kier alpha value is -2.71. The van der Waals surface area contributed by atoms with Gasteiger partial charge in [0.1, 0.15) is 6.07 Å². The molecule has 0 aliphatic heterocycles. The highest BCUT2D eigenvalue weighted by Crippen LogP contribution is 2.13. The van der Waals surface area contributed by atoms with Crippen molar-refractivity contribution in [1.29, 1.82) is 5.26 Å². The summed E-state index contributed by atoms with van der Waals surface area (Å²) < 4.78 is 0. The number of benzene rings is 2. The number of hydrogen-bond acceptors (Lipinski definition) is 3. The fourth-order valence-electron chi connectivity index (χ4n) is 1.80. The van der Waals surface area contributed by atoms with Crippen LogP contribution in [0.3, 0.4) is 0 Å². The van der Waals surface area contributed by atoms with Crippen LogP contribution in [-0.4, -0.2) is 11.0 Å². The molecule has 0 saturated carbocycles. The Bertz CT molecular complexity index is 692. The summed E-state index contributed by atoms with van der Waals surface area (Å²) in [5.41, 5.74) is 1.96. The van der Waals surface area contributed by atoms with Gasteiger partial charge >= 0.3 is 0 Å². The van der Waals surface area contributed by atoms with E-state index in [-0.39, 0.29) is 17.4 Å². The first-order valence-electron chi connectivity index (χ1n) is 6.33. The van der Waals surface area contributed by atoms with Crippen molar-refractivity contribution in [3.8, 4) is 6.07 Å². The molecular weight excluding hydrogens is 282 g/mol. The molecule has 2 aromatic carbocycles. The van der Waals surface area contributed by atoms with Crippen LogP contribution < -0.4 is 10.6 Å². The fraction of sp³-hybridized carbons (Fsp3) is 0.0625. The third-order valence-electron chi connectivity index (χ3n) is 2.76. The number of carbonyl (C=O) groups excluding carboxylic acids is 1. The number of hydrogen-bond donors (Lipinski definition) is 2. The maximum atomic E-state index is 11.9. The molecule has 0 aliphatic rings. The number of anilines is 1. The molecule has 0 spiro atoms. The molecule has 4 nitrogen and oxygen atoms in total. The van der Waals surface area contributed by atoms with E-state index in [0.717, 1.165) is 5.56 Å². The summed E-state index contributed by atoms with van der Waals surface area (Å²) in [4.78, 5) is 11.9. The van der Waals surface area contributed by atoms with Gasteiger partial charge in [-0.1, -0.05) is 42.5 Å². The van der Waals surface area contributed by atoms with Gasteiger partial charge in [0.15, 0.2) is 5.11 Å². The number of carbonyl (C=O) groups is 1. The van der Waals surface area contributed by atoms with Gasteiger partial charge in [-0.3, -0.25) is 4.79 Å². The van der Waals surface area contributed by atoms with Gasteiger partial charge in [-0.05, 0) is 29.9 Å². The second-order valence-corrected chi connectivity index (χ2v) is 4.73. The largest absolute Gasteiger partial charge is 0.331 e. The lowest BCUT2D eigenvalue weighted by molar-refractivity contribution is -0.119. The number of nitrogens with one attached hydrogen (secondary N) is 2. The van der Waals surface area contributed by atoms with E-state index in [2.05, 4.69) is 16.7 Å². The topological polar surface area (TPSA) is 64.9 Å². The van der Waals surface area contributed by atoms with Gasteiger partial charge in [-0.15, -0.1) is 0 Å². The van der Waals surface area contributed by atoms with E-state index in [4.69, 9.17) is 17.5 Å². The monoisotopic (exact) mass is 295 g/mol. The van der Waals surface area contributed by atoms with E-state index in [1.54, 1.807) is 24.3 Å². The van der Waals surface area contributed by atoms with Crippen molar-refractivity contribution in [2.75, 3.05) is 5.32 Å². The molecule has 0 atom stereocenters. The fourth-order valence-corrected chi connectivity index (χ4v) is 2.02. The van der Waals surface area contributed by atoms with Crippen LogP contribution in [0.5, 0.6) is 0 Å². The minimum atomic E-state index is -0.201. The SMILES string of the molecule is N#Cc1ccccc1NC(=S)NC(=O)Cc1ccccc1. The Labute approximate surface area is 128 Å². The van der Waals surface area contributed by atoms with Gasteiger partial charge in [-0.2, -0.15) is 5.26 Å². The van der Waals surface area contributed by atoms with Crippen LogP contribution in [0, 0.1) is 11.3 Å². The van der Waals surface area contributed by atoms with E-state index in [9.17, 15) is 4.79 Å². The highest BCUT2D eigenvalue weighted by molar-refractivity contribution is 7.80. The summed E-state index contributed by atoms with van der Waals surface area (Å²) in [5, 5.41) is 14.6. The minimum Gasteiger partial charge on any atom is -0.331 e. The molecule has 2 N–H and O–H groups in total. The van der Waals surface area contributed by atoms with Crippen molar-refractivity contribution in [1.82, 2.24) is 5.32 Å². The maximum absolute atomic E-state index is 11.9. The average molecular weight is 295 g/mol. The first kappa shape index (κ1) is 14.7. The highest BCUT2D eigenvalue weighted by Gasteiger charge is 2.07. The number of nitrogens with zero attached hydrogens (tertiary/aromatic N) is 1. The first-order chi connectivity index (χ1) is 10.2. The molecule has 2 aromatic rings. The van der Waals surface area contributed by atoms with Gasteiger partial charge in [0.2, 0.25) is 5.91 Å². The van der Waals surface area contributed by atoms with E-state index in [1.807, 2.05) is 30.3 Å². The molecule has 0 radical (unpaired) electrons. The maximum Gasteiger partial charge on any atom is 0.230 e. The quantitative estimate of drug-likeness (QED) is 0.854. The molecule has 0 aromatic heterocycles. The van der Waals surface area contributed by atoms with Crippen molar-refractivity contribution in [2.45, 2.75) is 6.42 Å². The molecule has 0 heterocycles. The number of para-hydroxylation sites is 1. The minimum absolute atomic E-state index is 0.179. The normalized spacial score (nSPS) is 9.48. The zero-order chi connectivity index (χ0) is 15.1. The zero-order valence-corrected chi connectivity index (χ0v) is 12.0. The smallest absolute Gasteiger partial charge is 0.230 e. The molecule has 0 aliphatic carbocycles. The van der Waals surface area contributed by atoms with E-state index in [0.29, 0.717) is 11.3 Å². The molecule has 2 rings (SSSR count). The lowest BCUT2D eigenvalue weighted by atomic mass is 10.1. The van der Waals surface area contributed by atoms with Crippen LogP contribution >= 0.6 is 12.2 Å². The summed E-state index contributed by atoms with van der Waals surface area (Å²) in [7, 11) is 0. The van der Waals surface area contributed by atoms with Gasteiger partial charge in [0, 0.05) is 0 Å². The van der Waals surface area contributed by atoms with E-state index < -0.39 is 0 Å². The van der Waals surface area contributed by atoms with Crippen molar-refractivity contribution in [3.05, 3.63) is 65.7 Å². The molecular formula is C16H13N3OS.